The number of guanidine groups is 1. The summed E-state index contributed by atoms with van der Waals surface area (Å²) in [6.45, 7) is 12.6. The van der Waals surface area contributed by atoms with Gasteiger partial charge in [0.05, 0.1) is 13.2 Å². The Bertz CT molecular complexity index is 563. The standard InChI is InChI=1S/C20H34N4O2.HI/c1-16(2)17(3)23-20(21-4)22-15-18-6-5-7-19(14-18)26-13-10-24-8-11-25-12-9-24;/h5-7,14,16-17H,8-13,15H2,1-4H3,(H2,21,22,23);1H. The summed E-state index contributed by atoms with van der Waals surface area (Å²) in [5, 5.41) is 6.78. The summed E-state index contributed by atoms with van der Waals surface area (Å²) in [4.78, 5) is 6.67. The fourth-order valence-electron chi connectivity index (χ4n) is 2.63. The molecule has 1 aromatic carbocycles. The van der Waals surface area contributed by atoms with Gasteiger partial charge in [-0.1, -0.05) is 26.0 Å². The minimum atomic E-state index is 0. The molecule has 0 radical (unpaired) electrons. The minimum absolute atomic E-state index is 0. The molecule has 2 rings (SSSR count). The van der Waals surface area contributed by atoms with Crippen LogP contribution in [0.2, 0.25) is 0 Å². The average molecular weight is 490 g/mol. The van der Waals surface area contributed by atoms with Gasteiger partial charge in [-0.15, -0.1) is 24.0 Å². The van der Waals surface area contributed by atoms with Crippen molar-refractivity contribution in [2.24, 2.45) is 10.9 Å². The Labute approximate surface area is 181 Å². The van der Waals surface area contributed by atoms with Crippen LogP contribution in [0.4, 0.5) is 0 Å². The normalized spacial score (nSPS) is 16.6. The number of hydrogen-bond acceptors (Lipinski definition) is 4. The third-order valence-electron chi connectivity index (χ3n) is 4.73. The summed E-state index contributed by atoms with van der Waals surface area (Å²) in [5.41, 5.74) is 1.18. The van der Waals surface area contributed by atoms with Crippen molar-refractivity contribution < 1.29 is 9.47 Å². The first-order valence-corrected chi connectivity index (χ1v) is 9.57. The van der Waals surface area contributed by atoms with Crippen molar-refractivity contribution in [3.05, 3.63) is 29.8 Å². The number of halogens is 1. The Hall–Kier alpha value is -1.06. The Morgan fingerprint density at radius 3 is 2.67 bits per heavy atom. The molecule has 1 fully saturated rings. The maximum Gasteiger partial charge on any atom is 0.191 e. The van der Waals surface area contributed by atoms with E-state index in [0.29, 0.717) is 25.1 Å². The van der Waals surface area contributed by atoms with Crippen LogP contribution in [0.25, 0.3) is 0 Å². The van der Waals surface area contributed by atoms with E-state index in [1.807, 2.05) is 12.1 Å². The Balaban J connectivity index is 0.00000364. The highest BCUT2D eigenvalue weighted by atomic mass is 127. The van der Waals surface area contributed by atoms with Crippen molar-refractivity contribution >= 4 is 29.9 Å². The number of nitrogens with one attached hydrogen (secondary N) is 2. The summed E-state index contributed by atoms with van der Waals surface area (Å²) in [6.07, 6.45) is 0. The molecule has 2 N–H and O–H groups in total. The van der Waals surface area contributed by atoms with Crippen LogP contribution in [-0.4, -0.2) is 63.4 Å². The van der Waals surface area contributed by atoms with E-state index in [-0.39, 0.29) is 24.0 Å². The summed E-state index contributed by atoms with van der Waals surface area (Å²) >= 11 is 0. The number of rotatable bonds is 8. The van der Waals surface area contributed by atoms with Gasteiger partial charge in [0.1, 0.15) is 12.4 Å². The van der Waals surface area contributed by atoms with E-state index in [9.17, 15) is 0 Å². The summed E-state index contributed by atoms with van der Waals surface area (Å²) in [6, 6.07) is 8.60. The van der Waals surface area contributed by atoms with Crippen molar-refractivity contribution in [1.82, 2.24) is 15.5 Å². The molecule has 1 unspecified atom stereocenters. The number of nitrogens with zero attached hydrogens (tertiary/aromatic N) is 2. The second kappa shape index (κ2) is 13.2. The van der Waals surface area contributed by atoms with Crippen LogP contribution in [0.1, 0.15) is 26.3 Å². The SMILES string of the molecule is CN=C(NCc1cccc(OCCN2CCOCC2)c1)NC(C)C(C)C.I. The van der Waals surface area contributed by atoms with Gasteiger partial charge in [-0.3, -0.25) is 9.89 Å². The number of benzene rings is 1. The van der Waals surface area contributed by atoms with Gasteiger partial charge in [-0.05, 0) is 30.5 Å². The molecule has 0 spiro atoms. The summed E-state index contributed by atoms with van der Waals surface area (Å²) in [7, 11) is 1.80. The molecule has 1 heterocycles. The van der Waals surface area contributed by atoms with E-state index in [1.54, 1.807) is 7.05 Å². The zero-order valence-electron chi connectivity index (χ0n) is 17.0. The Morgan fingerprint density at radius 2 is 2.00 bits per heavy atom. The first-order chi connectivity index (χ1) is 12.6. The quantitative estimate of drug-likeness (QED) is 0.334. The predicted octanol–water partition coefficient (Wildman–Crippen LogP) is 2.73. The molecule has 1 saturated heterocycles. The fraction of sp³-hybridized carbons (Fsp3) is 0.650. The molecule has 1 atom stereocenters. The molecule has 6 nitrogen and oxygen atoms in total. The first kappa shape index (κ1) is 24.0. The lowest BCUT2D eigenvalue weighted by Crippen LogP contribution is -2.43. The van der Waals surface area contributed by atoms with E-state index in [4.69, 9.17) is 9.47 Å². The van der Waals surface area contributed by atoms with Gasteiger partial charge in [0.15, 0.2) is 5.96 Å². The van der Waals surface area contributed by atoms with Crippen molar-refractivity contribution in [3.8, 4) is 5.75 Å². The van der Waals surface area contributed by atoms with Gasteiger partial charge in [-0.25, -0.2) is 0 Å². The number of hydrogen-bond donors (Lipinski definition) is 2. The molecule has 0 aliphatic carbocycles. The van der Waals surface area contributed by atoms with Crippen LogP contribution < -0.4 is 15.4 Å². The lowest BCUT2D eigenvalue weighted by molar-refractivity contribution is 0.0322. The second-order valence-electron chi connectivity index (χ2n) is 7.05. The van der Waals surface area contributed by atoms with Crippen LogP contribution in [0.5, 0.6) is 5.75 Å². The van der Waals surface area contributed by atoms with Crippen LogP contribution in [0.3, 0.4) is 0 Å². The molecule has 1 aromatic rings. The molecular weight excluding hydrogens is 455 g/mol. The average Bonchev–Trinajstić information content (AvgIpc) is 2.66. The largest absolute Gasteiger partial charge is 0.492 e. The maximum absolute atomic E-state index is 5.92. The van der Waals surface area contributed by atoms with E-state index in [0.717, 1.165) is 44.6 Å². The molecule has 0 amide bonds. The fourth-order valence-corrected chi connectivity index (χ4v) is 2.63. The Morgan fingerprint density at radius 1 is 1.26 bits per heavy atom. The monoisotopic (exact) mass is 490 g/mol. The zero-order chi connectivity index (χ0) is 18.8. The molecule has 0 bridgehead atoms. The summed E-state index contributed by atoms with van der Waals surface area (Å²) < 4.78 is 11.3. The van der Waals surface area contributed by atoms with Crippen LogP contribution in [-0.2, 0) is 11.3 Å². The predicted molar refractivity (Wildman–Crippen MR) is 122 cm³/mol. The molecule has 27 heavy (non-hydrogen) atoms. The zero-order valence-corrected chi connectivity index (χ0v) is 19.4. The smallest absolute Gasteiger partial charge is 0.191 e. The molecule has 1 aliphatic rings. The van der Waals surface area contributed by atoms with Crippen molar-refractivity contribution in [3.63, 3.8) is 0 Å². The molecule has 1 aliphatic heterocycles. The van der Waals surface area contributed by atoms with Crippen molar-refractivity contribution in [2.75, 3.05) is 46.5 Å². The Kier molecular flexibility index (Phi) is 11.7. The number of aliphatic imine (C=N–C) groups is 1. The molecule has 0 aromatic heterocycles. The van der Waals surface area contributed by atoms with Crippen LogP contribution in [0.15, 0.2) is 29.3 Å². The van der Waals surface area contributed by atoms with E-state index in [2.05, 4.69) is 53.4 Å². The number of morpholine rings is 1. The highest BCUT2D eigenvalue weighted by Crippen LogP contribution is 2.13. The third kappa shape index (κ3) is 9.12. The van der Waals surface area contributed by atoms with Crippen LogP contribution in [0, 0.1) is 5.92 Å². The minimum Gasteiger partial charge on any atom is -0.492 e. The van der Waals surface area contributed by atoms with Crippen LogP contribution >= 0.6 is 24.0 Å². The van der Waals surface area contributed by atoms with Crippen molar-refractivity contribution in [2.45, 2.75) is 33.4 Å². The lowest BCUT2D eigenvalue weighted by atomic mass is 10.1. The third-order valence-corrected chi connectivity index (χ3v) is 4.73. The number of ether oxygens (including phenoxy) is 2. The van der Waals surface area contributed by atoms with Gasteiger partial charge in [0.25, 0.3) is 0 Å². The first-order valence-electron chi connectivity index (χ1n) is 9.57. The van der Waals surface area contributed by atoms with E-state index < -0.39 is 0 Å². The maximum atomic E-state index is 5.92. The van der Waals surface area contributed by atoms with Gasteiger partial charge in [-0.2, -0.15) is 0 Å². The van der Waals surface area contributed by atoms with Gasteiger partial charge >= 0.3 is 0 Å². The van der Waals surface area contributed by atoms with Crippen molar-refractivity contribution in [1.29, 1.82) is 0 Å². The van der Waals surface area contributed by atoms with Gasteiger partial charge in [0, 0.05) is 39.3 Å². The van der Waals surface area contributed by atoms with Gasteiger partial charge in [0.2, 0.25) is 0 Å². The van der Waals surface area contributed by atoms with E-state index in [1.165, 1.54) is 5.56 Å². The molecular formula is C20H35IN4O2. The van der Waals surface area contributed by atoms with E-state index >= 15 is 0 Å². The molecule has 0 saturated carbocycles. The molecule has 7 heteroatoms. The van der Waals surface area contributed by atoms with Gasteiger partial charge < -0.3 is 20.1 Å². The second-order valence-corrected chi connectivity index (χ2v) is 7.05. The summed E-state index contributed by atoms with van der Waals surface area (Å²) in [5.74, 6) is 2.29. The highest BCUT2D eigenvalue weighted by molar-refractivity contribution is 14.0. The highest BCUT2D eigenvalue weighted by Gasteiger charge is 2.10. The lowest BCUT2D eigenvalue weighted by Gasteiger charge is -2.26. The molecule has 154 valence electrons. The topological polar surface area (TPSA) is 58.1 Å².